The van der Waals surface area contributed by atoms with Gasteiger partial charge in [-0.25, -0.2) is 19.3 Å². The van der Waals surface area contributed by atoms with Gasteiger partial charge < -0.3 is 5.32 Å². The lowest BCUT2D eigenvalue weighted by Crippen LogP contribution is -2.29. The molecule has 0 radical (unpaired) electrons. The number of carbonyl (C=O) groups excluding carboxylic acids is 1. The van der Waals surface area contributed by atoms with Crippen LogP contribution in [0.3, 0.4) is 0 Å². The minimum absolute atomic E-state index is 0.0493. The van der Waals surface area contributed by atoms with E-state index in [9.17, 15) is 14.0 Å². The highest BCUT2D eigenvalue weighted by Gasteiger charge is 2.13. The van der Waals surface area contributed by atoms with Gasteiger partial charge in [0.2, 0.25) is 0 Å². The predicted molar refractivity (Wildman–Crippen MR) is 98.0 cm³/mol. The van der Waals surface area contributed by atoms with Crippen LogP contribution >= 0.6 is 11.6 Å². The number of rotatable bonds is 5. The second-order valence-corrected chi connectivity index (χ2v) is 6.09. The van der Waals surface area contributed by atoms with Crippen LogP contribution in [0.2, 0.25) is 5.02 Å². The first kappa shape index (κ1) is 18.7. The average molecular weight is 388 g/mol. The zero-order valence-corrected chi connectivity index (χ0v) is 15.1. The van der Waals surface area contributed by atoms with Gasteiger partial charge in [0.05, 0.1) is 22.0 Å². The molecular weight excluding hydrogens is 373 g/mol. The van der Waals surface area contributed by atoms with E-state index in [0.29, 0.717) is 23.6 Å². The summed E-state index contributed by atoms with van der Waals surface area (Å²) in [6.07, 6.45) is 3.23. The maximum atomic E-state index is 13.3. The number of carbonyl (C=O) groups is 1. The molecule has 2 heterocycles. The van der Waals surface area contributed by atoms with E-state index >= 15 is 0 Å². The van der Waals surface area contributed by atoms with Crippen LogP contribution in [0.5, 0.6) is 0 Å². The highest BCUT2D eigenvalue weighted by Crippen LogP contribution is 2.17. The summed E-state index contributed by atoms with van der Waals surface area (Å²) in [5.41, 5.74) is 0.760. The lowest BCUT2D eigenvalue weighted by Gasteiger charge is -2.10. The zero-order chi connectivity index (χ0) is 19.4. The van der Waals surface area contributed by atoms with Gasteiger partial charge in [-0.15, -0.1) is 0 Å². The van der Waals surface area contributed by atoms with E-state index in [1.807, 2.05) is 0 Å². The first-order chi connectivity index (χ1) is 13.0. The van der Waals surface area contributed by atoms with Crippen molar-refractivity contribution in [2.24, 2.45) is 7.05 Å². The Morgan fingerprint density at radius 3 is 2.81 bits per heavy atom. The number of amides is 1. The van der Waals surface area contributed by atoms with E-state index < -0.39 is 11.7 Å². The summed E-state index contributed by atoms with van der Waals surface area (Å²) in [5.74, 6) is -0.579. The Morgan fingerprint density at radius 1 is 1.26 bits per heavy atom. The van der Waals surface area contributed by atoms with E-state index in [4.69, 9.17) is 11.6 Å². The molecule has 0 atom stereocenters. The molecule has 0 saturated carbocycles. The molecule has 1 amide bonds. The van der Waals surface area contributed by atoms with Crippen LogP contribution < -0.4 is 10.9 Å². The van der Waals surface area contributed by atoms with Gasteiger partial charge in [-0.1, -0.05) is 11.6 Å². The molecule has 138 valence electrons. The number of benzene rings is 1. The van der Waals surface area contributed by atoms with Crippen molar-refractivity contribution in [3.63, 3.8) is 0 Å². The molecule has 9 heteroatoms. The van der Waals surface area contributed by atoms with Gasteiger partial charge in [-0.2, -0.15) is 0 Å². The Hall–Kier alpha value is -3.13. The summed E-state index contributed by atoms with van der Waals surface area (Å²) in [6.45, 7) is 0.194. The van der Waals surface area contributed by atoms with Crippen molar-refractivity contribution in [2.75, 3.05) is 6.54 Å². The standard InChI is InChI=1S/C18H15ClFN5O2/c1-25-16(24-15(9-17(25)26)14-4-6-21-10-23-14)5-7-22-18(27)12-8-11(20)2-3-13(12)19/h2-4,6,8-10H,5,7H2,1H3,(H,22,27). The summed E-state index contributed by atoms with van der Waals surface area (Å²) >= 11 is 5.92. The lowest BCUT2D eigenvalue weighted by molar-refractivity contribution is 0.0953. The molecule has 0 aliphatic carbocycles. The highest BCUT2D eigenvalue weighted by molar-refractivity contribution is 6.33. The number of aromatic nitrogens is 4. The molecule has 0 spiro atoms. The minimum Gasteiger partial charge on any atom is -0.352 e. The van der Waals surface area contributed by atoms with E-state index in [0.717, 1.165) is 6.07 Å². The molecule has 2 aromatic heterocycles. The largest absolute Gasteiger partial charge is 0.352 e. The maximum Gasteiger partial charge on any atom is 0.253 e. The Balaban J connectivity index is 1.74. The van der Waals surface area contributed by atoms with Crippen LogP contribution in [-0.2, 0) is 13.5 Å². The molecule has 7 nitrogen and oxygen atoms in total. The van der Waals surface area contributed by atoms with Crippen LogP contribution in [0, 0.1) is 5.82 Å². The zero-order valence-electron chi connectivity index (χ0n) is 14.3. The van der Waals surface area contributed by atoms with Crippen molar-refractivity contribution in [2.45, 2.75) is 6.42 Å². The molecule has 3 rings (SSSR count). The van der Waals surface area contributed by atoms with Crippen LogP contribution in [0.4, 0.5) is 4.39 Å². The van der Waals surface area contributed by atoms with Gasteiger partial charge in [0.25, 0.3) is 11.5 Å². The van der Waals surface area contributed by atoms with E-state index in [1.54, 1.807) is 19.3 Å². The number of nitrogens with zero attached hydrogens (tertiary/aromatic N) is 4. The van der Waals surface area contributed by atoms with Crippen LogP contribution in [0.25, 0.3) is 11.4 Å². The summed E-state index contributed by atoms with van der Waals surface area (Å²) in [6, 6.07) is 6.61. The summed E-state index contributed by atoms with van der Waals surface area (Å²) < 4.78 is 14.7. The highest BCUT2D eigenvalue weighted by atomic mass is 35.5. The van der Waals surface area contributed by atoms with Crippen LogP contribution in [0.15, 0.2) is 47.7 Å². The van der Waals surface area contributed by atoms with Gasteiger partial charge in [-0.3, -0.25) is 14.2 Å². The predicted octanol–water partition coefficient (Wildman–Crippen LogP) is 2.00. The summed E-state index contributed by atoms with van der Waals surface area (Å²) in [4.78, 5) is 36.7. The van der Waals surface area contributed by atoms with Gasteiger partial charge >= 0.3 is 0 Å². The first-order valence-electron chi connectivity index (χ1n) is 8.02. The van der Waals surface area contributed by atoms with Gasteiger partial charge in [-0.05, 0) is 24.3 Å². The third kappa shape index (κ3) is 4.35. The minimum atomic E-state index is -0.550. The maximum absolute atomic E-state index is 13.3. The van der Waals surface area contributed by atoms with Gasteiger partial charge in [0.1, 0.15) is 18.0 Å². The molecular formula is C18H15ClFN5O2. The third-order valence-electron chi connectivity index (χ3n) is 3.88. The van der Waals surface area contributed by atoms with Crippen LogP contribution in [0.1, 0.15) is 16.2 Å². The SMILES string of the molecule is Cn1c(CCNC(=O)c2cc(F)ccc2Cl)nc(-c2ccncn2)cc1=O. The van der Waals surface area contributed by atoms with Gasteiger partial charge in [0.15, 0.2) is 0 Å². The second kappa shape index (κ2) is 8.05. The fraction of sp³-hybridized carbons (Fsp3) is 0.167. The molecule has 3 aromatic rings. The molecule has 0 bridgehead atoms. The Kier molecular flexibility index (Phi) is 5.56. The molecule has 1 N–H and O–H groups in total. The molecule has 0 saturated heterocycles. The molecule has 0 aliphatic rings. The van der Waals surface area contributed by atoms with Crippen molar-refractivity contribution in [3.8, 4) is 11.4 Å². The van der Waals surface area contributed by atoms with E-state index in [-0.39, 0.29) is 22.7 Å². The second-order valence-electron chi connectivity index (χ2n) is 5.68. The number of hydrogen-bond acceptors (Lipinski definition) is 5. The Bertz CT molecular complexity index is 1040. The van der Waals surface area contributed by atoms with Crippen molar-refractivity contribution in [1.29, 1.82) is 0 Å². The molecule has 27 heavy (non-hydrogen) atoms. The summed E-state index contributed by atoms with van der Waals surface area (Å²) in [7, 11) is 1.60. The quantitative estimate of drug-likeness (QED) is 0.723. The molecule has 0 unspecified atom stereocenters. The molecule has 1 aromatic carbocycles. The number of halogens is 2. The Morgan fingerprint density at radius 2 is 2.07 bits per heavy atom. The van der Waals surface area contributed by atoms with Crippen molar-refractivity contribution in [1.82, 2.24) is 24.8 Å². The Labute approximate surface area is 158 Å². The third-order valence-corrected chi connectivity index (χ3v) is 4.21. The topological polar surface area (TPSA) is 89.8 Å². The van der Waals surface area contributed by atoms with Crippen molar-refractivity contribution in [3.05, 3.63) is 75.4 Å². The van der Waals surface area contributed by atoms with Crippen molar-refractivity contribution >= 4 is 17.5 Å². The molecule has 0 fully saturated rings. The van der Waals surface area contributed by atoms with E-state index in [1.165, 1.54) is 29.1 Å². The van der Waals surface area contributed by atoms with Crippen LogP contribution in [-0.4, -0.2) is 32.0 Å². The first-order valence-corrected chi connectivity index (χ1v) is 8.40. The van der Waals surface area contributed by atoms with Gasteiger partial charge in [0, 0.05) is 32.3 Å². The lowest BCUT2D eigenvalue weighted by atomic mass is 10.2. The fourth-order valence-corrected chi connectivity index (χ4v) is 2.64. The van der Waals surface area contributed by atoms with E-state index in [2.05, 4.69) is 20.3 Å². The summed E-state index contributed by atoms with van der Waals surface area (Å²) in [5, 5.41) is 2.81. The smallest absolute Gasteiger partial charge is 0.253 e. The van der Waals surface area contributed by atoms with Crippen molar-refractivity contribution < 1.29 is 9.18 Å². The monoisotopic (exact) mass is 387 g/mol. The number of nitrogens with one attached hydrogen (secondary N) is 1. The molecule has 0 aliphatic heterocycles. The average Bonchev–Trinajstić information content (AvgIpc) is 2.67. The number of hydrogen-bond donors (Lipinski definition) is 1. The normalized spacial score (nSPS) is 10.6. The fourth-order valence-electron chi connectivity index (χ4n) is 2.44.